The van der Waals surface area contributed by atoms with E-state index in [2.05, 4.69) is 15.3 Å². The maximum atomic E-state index is 12.9. The van der Waals surface area contributed by atoms with E-state index >= 15 is 0 Å². The second-order valence-electron chi connectivity index (χ2n) is 4.95. The Morgan fingerprint density at radius 2 is 2.15 bits per heavy atom. The first-order chi connectivity index (χ1) is 9.47. The number of anilines is 2. The molecule has 0 bridgehead atoms. The van der Waals surface area contributed by atoms with Gasteiger partial charge in [0.25, 0.3) is 0 Å². The molecule has 1 aliphatic heterocycles. The third-order valence-electron chi connectivity index (χ3n) is 3.70. The molecule has 0 spiro atoms. The van der Waals surface area contributed by atoms with Crippen molar-refractivity contribution in [3.05, 3.63) is 11.9 Å². The average Bonchev–Trinajstić information content (AvgIpc) is 2.45. The molecule has 0 aromatic carbocycles. The van der Waals surface area contributed by atoms with Crippen LogP contribution in [-0.4, -0.2) is 36.3 Å². The van der Waals surface area contributed by atoms with Gasteiger partial charge in [0.1, 0.15) is 18.0 Å². The first-order valence-electron chi connectivity index (χ1n) is 6.80. The van der Waals surface area contributed by atoms with Crippen molar-refractivity contribution in [3.8, 4) is 0 Å². The van der Waals surface area contributed by atoms with Gasteiger partial charge >= 0.3 is 6.18 Å². The Bertz CT molecular complexity index is 461. The van der Waals surface area contributed by atoms with E-state index in [0.717, 1.165) is 5.56 Å². The summed E-state index contributed by atoms with van der Waals surface area (Å²) >= 11 is 0. The Morgan fingerprint density at radius 1 is 1.40 bits per heavy atom. The van der Waals surface area contributed by atoms with Gasteiger partial charge in [0.2, 0.25) is 0 Å². The topological polar surface area (TPSA) is 41.1 Å². The van der Waals surface area contributed by atoms with E-state index < -0.39 is 12.1 Å². The van der Waals surface area contributed by atoms with Crippen LogP contribution in [0.25, 0.3) is 0 Å². The highest BCUT2D eigenvalue weighted by Crippen LogP contribution is 2.35. The molecule has 0 saturated carbocycles. The van der Waals surface area contributed by atoms with Gasteiger partial charge in [0.15, 0.2) is 0 Å². The van der Waals surface area contributed by atoms with Crippen molar-refractivity contribution < 1.29 is 13.2 Å². The molecule has 0 aliphatic carbocycles. The summed E-state index contributed by atoms with van der Waals surface area (Å²) in [6.07, 6.45) is -1.32. The SMILES string of the molecule is CCc1c(NC)ncnc1N1CCCC(C(F)(F)F)C1. The Hall–Kier alpha value is -1.53. The van der Waals surface area contributed by atoms with Gasteiger partial charge in [-0.3, -0.25) is 0 Å². The number of piperidine rings is 1. The maximum Gasteiger partial charge on any atom is 0.393 e. The minimum Gasteiger partial charge on any atom is -0.373 e. The van der Waals surface area contributed by atoms with Crippen molar-refractivity contribution in [1.29, 1.82) is 0 Å². The van der Waals surface area contributed by atoms with Crippen LogP contribution in [0.5, 0.6) is 0 Å². The van der Waals surface area contributed by atoms with Crippen molar-refractivity contribution >= 4 is 11.6 Å². The van der Waals surface area contributed by atoms with E-state index in [-0.39, 0.29) is 13.0 Å². The predicted octanol–water partition coefficient (Wildman–Crippen LogP) is 2.86. The summed E-state index contributed by atoms with van der Waals surface area (Å²) in [5.41, 5.74) is 0.873. The Balaban J connectivity index is 2.27. The number of nitrogens with one attached hydrogen (secondary N) is 1. The van der Waals surface area contributed by atoms with E-state index in [1.54, 1.807) is 11.9 Å². The first-order valence-corrected chi connectivity index (χ1v) is 6.80. The quantitative estimate of drug-likeness (QED) is 0.928. The molecule has 0 amide bonds. The number of nitrogens with zero attached hydrogens (tertiary/aromatic N) is 3. The van der Waals surface area contributed by atoms with Crippen LogP contribution in [0.3, 0.4) is 0 Å². The monoisotopic (exact) mass is 288 g/mol. The van der Waals surface area contributed by atoms with E-state index in [9.17, 15) is 13.2 Å². The Morgan fingerprint density at radius 3 is 2.75 bits per heavy atom. The van der Waals surface area contributed by atoms with Gasteiger partial charge in [-0.1, -0.05) is 6.92 Å². The highest BCUT2D eigenvalue weighted by molar-refractivity contribution is 5.58. The standard InChI is InChI=1S/C13H19F3N4/c1-3-10-11(17-2)18-8-19-12(10)20-6-4-5-9(7-20)13(14,15)16/h8-9H,3-7H2,1-2H3,(H,17,18,19). The first kappa shape index (κ1) is 14.9. The lowest BCUT2D eigenvalue weighted by atomic mass is 9.97. The molecule has 1 atom stereocenters. The van der Waals surface area contributed by atoms with Gasteiger partial charge in [-0.05, 0) is 19.3 Å². The molecule has 1 saturated heterocycles. The van der Waals surface area contributed by atoms with Crippen LogP contribution < -0.4 is 10.2 Å². The van der Waals surface area contributed by atoms with Crippen molar-refractivity contribution in [3.63, 3.8) is 0 Å². The molecule has 0 radical (unpaired) electrons. The van der Waals surface area contributed by atoms with Crippen molar-refractivity contribution in [2.45, 2.75) is 32.4 Å². The molecule has 1 unspecified atom stereocenters. The fraction of sp³-hybridized carbons (Fsp3) is 0.692. The molecule has 2 heterocycles. The number of rotatable bonds is 3. The number of hydrogen-bond donors (Lipinski definition) is 1. The molecular weight excluding hydrogens is 269 g/mol. The Labute approximate surface area is 116 Å². The zero-order valence-corrected chi connectivity index (χ0v) is 11.7. The lowest BCUT2D eigenvalue weighted by molar-refractivity contribution is -0.176. The number of hydrogen-bond acceptors (Lipinski definition) is 4. The number of halogens is 3. The zero-order chi connectivity index (χ0) is 14.8. The Kier molecular flexibility index (Phi) is 4.35. The van der Waals surface area contributed by atoms with Gasteiger partial charge in [-0.15, -0.1) is 0 Å². The molecule has 1 aromatic heterocycles. The highest BCUT2D eigenvalue weighted by atomic mass is 19.4. The summed E-state index contributed by atoms with van der Waals surface area (Å²) < 4.78 is 38.7. The molecule has 1 aromatic rings. The molecule has 4 nitrogen and oxygen atoms in total. The van der Waals surface area contributed by atoms with Gasteiger partial charge in [-0.2, -0.15) is 13.2 Å². The third kappa shape index (κ3) is 2.96. The normalized spacial score (nSPS) is 20.1. The minimum atomic E-state index is -4.14. The van der Waals surface area contributed by atoms with Crippen molar-refractivity contribution in [1.82, 2.24) is 9.97 Å². The molecule has 7 heteroatoms. The number of alkyl halides is 3. The third-order valence-corrected chi connectivity index (χ3v) is 3.70. The summed E-state index contributed by atoms with van der Waals surface area (Å²) in [6.45, 7) is 2.55. The summed E-state index contributed by atoms with van der Waals surface area (Å²) in [4.78, 5) is 10.1. The molecule has 20 heavy (non-hydrogen) atoms. The number of aromatic nitrogens is 2. The molecule has 112 valence electrons. The fourth-order valence-electron chi connectivity index (χ4n) is 2.65. The second kappa shape index (κ2) is 5.85. The van der Waals surface area contributed by atoms with Crippen LogP contribution in [0.4, 0.5) is 24.8 Å². The molecule has 1 fully saturated rings. The molecule has 1 aliphatic rings. The van der Waals surface area contributed by atoms with Crippen LogP contribution in [0.1, 0.15) is 25.3 Å². The second-order valence-corrected chi connectivity index (χ2v) is 4.95. The van der Waals surface area contributed by atoms with Gasteiger partial charge in [0, 0.05) is 25.7 Å². The smallest absolute Gasteiger partial charge is 0.373 e. The lowest BCUT2D eigenvalue weighted by Gasteiger charge is -2.35. The summed E-state index contributed by atoms with van der Waals surface area (Å²) in [6, 6.07) is 0. The maximum absolute atomic E-state index is 12.9. The van der Waals surface area contributed by atoms with E-state index in [4.69, 9.17) is 0 Å². The predicted molar refractivity (Wildman–Crippen MR) is 71.9 cm³/mol. The fourth-order valence-corrected chi connectivity index (χ4v) is 2.65. The van der Waals surface area contributed by atoms with Gasteiger partial charge in [-0.25, -0.2) is 9.97 Å². The lowest BCUT2D eigenvalue weighted by Crippen LogP contribution is -2.42. The van der Waals surface area contributed by atoms with E-state index in [1.807, 2.05) is 6.92 Å². The molecule has 2 rings (SSSR count). The van der Waals surface area contributed by atoms with Crippen molar-refractivity contribution in [2.24, 2.45) is 5.92 Å². The molecular formula is C13H19F3N4. The largest absolute Gasteiger partial charge is 0.393 e. The molecule has 1 N–H and O–H groups in total. The van der Waals surface area contributed by atoms with Gasteiger partial charge < -0.3 is 10.2 Å². The minimum absolute atomic E-state index is 0.0172. The van der Waals surface area contributed by atoms with Crippen LogP contribution in [-0.2, 0) is 6.42 Å². The van der Waals surface area contributed by atoms with Crippen LogP contribution >= 0.6 is 0 Å². The van der Waals surface area contributed by atoms with Crippen LogP contribution in [0, 0.1) is 5.92 Å². The van der Waals surface area contributed by atoms with E-state index in [0.29, 0.717) is 31.0 Å². The zero-order valence-electron chi connectivity index (χ0n) is 11.7. The van der Waals surface area contributed by atoms with Crippen LogP contribution in [0.2, 0.25) is 0 Å². The van der Waals surface area contributed by atoms with Crippen molar-refractivity contribution in [2.75, 3.05) is 30.4 Å². The summed E-state index contributed by atoms with van der Waals surface area (Å²) in [5, 5.41) is 2.97. The van der Waals surface area contributed by atoms with E-state index in [1.165, 1.54) is 6.33 Å². The highest BCUT2D eigenvalue weighted by Gasteiger charge is 2.42. The summed E-state index contributed by atoms with van der Waals surface area (Å²) in [5.74, 6) is 0.0430. The van der Waals surface area contributed by atoms with Crippen LogP contribution in [0.15, 0.2) is 6.33 Å². The summed E-state index contributed by atoms with van der Waals surface area (Å²) in [7, 11) is 1.75. The average molecular weight is 288 g/mol. The van der Waals surface area contributed by atoms with Gasteiger partial charge in [0.05, 0.1) is 5.92 Å².